The van der Waals surface area contributed by atoms with Crippen molar-refractivity contribution in [2.24, 2.45) is 0 Å². The Morgan fingerprint density at radius 1 is 1.06 bits per heavy atom. The van der Waals surface area contributed by atoms with E-state index in [0.29, 0.717) is 37.1 Å². The second-order valence-electron chi connectivity index (χ2n) is 9.15. The molecule has 1 N–H and O–H groups in total. The first-order valence-electron chi connectivity index (χ1n) is 11.5. The van der Waals surface area contributed by atoms with E-state index in [1.165, 1.54) is 12.1 Å². The summed E-state index contributed by atoms with van der Waals surface area (Å²) in [5.74, 6) is -0.925. The normalized spacial score (nSPS) is 16.4. The lowest BCUT2D eigenvalue weighted by Crippen LogP contribution is -2.35. The zero-order chi connectivity index (χ0) is 25.0. The molecule has 1 aliphatic rings. The van der Waals surface area contributed by atoms with E-state index in [1.807, 2.05) is 43.3 Å². The van der Waals surface area contributed by atoms with Crippen LogP contribution in [-0.2, 0) is 24.1 Å². The van der Waals surface area contributed by atoms with Gasteiger partial charge in [0.1, 0.15) is 17.2 Å². The van der Waals surface area contributed by atoms with E-state index in [4.69, 9.17) is 21.4 Å². The molecule has 0 saturated heterocycles. The van der Waals surface area contributed by atoms with E-state index in [1.54, 1.807) is 23.1 Å². The number of carboxylic acids is 1. The van der Waals surface area contributed by atoms with Crippen LogP contribution in [0.15, 0.2) is 66.7 Å². The summed E-state index contributed by atoms with van der Waals surface area (Å²) >= 11 is 5.80. The molecular formula is C28H27ClFNO4. The zero-order valence-electron chi connectivity index (χ0n) is 19.5. The lowest BCUT2D eigenvalue weighted by Gasteiger charge is -2.24. The number of carbonyl (C=O) groups is 2. The molecule has 0 radical (unpaired) electrons. The second-order valence-corrected chi connectivity index (χ2v) is 9.56. The number of ether oxygens (including phenoxy) is 1. The summed E-state index contributed by atoms with van der Waals surface area (Å²) in [5.41, 5.74) is 2.67. The number of fused-ring (bicyclic) bond motifs is 1. The number of hydrogen-bond acceptors (Lipinski definition) is 3. The maximum Gasteiger partial charge on any atom is 0.305 e. The third-order valence-electron chi connectivity index (χ3n) is 6.19. The van der Waals surface area contributed by atoms with Crippen LogP contribution in [0.4, 0.5) is 4.39 Å². The molecule has 0 aliphatic carbocycles. The van der Waals surface area contributed by atoms with Crippen molar-refractivity contribution < 1.29 is 23.8 Å². The number of rotatable bonds is 9. The molecule has 7 heteroatoms. The SMILES string of the molecule is CC1(Cc2ccc(Cl)c(F)c2)Cc2cc(C(=O)N(CCC(=O)O)CCc3ccccc3)ccc2O1. The average molecular weight is 496 g/mol. The Bertz CT molecular complexity index is 1230. The Labute approximate surface area is 209 Å². The monoisotopic (exact) mass is 495 g/mol. The van der Waals surface area contributed by atoms with Gasteiger partial charge in [-0.25, -0.2) is 4.39 Å². The standard InChI is InChI=1S/C28H27ClFNO4/c1-28(17-20-7-9-23(29)24(30)15-20)18-22-16-21(8-10-25(22)35-28)27(34)31(14-12-26(32)33)13-11-19-5-3-2-4-6-19/h2-10,15-16H,11-14,17-18H2,1H3,(H,32,33). The number of carboxylic acid groups (broad SMARTS) is 1. The number of hydrogen-bond donors (Lipinski definition) is 1. The van der Waals surface area contributed by atoms with E-state index in [2.05, 4.69) is 0 Å². The molecule has 0 spiro atoms. The number of nitrogens with zero attached hydrogens (tertiary/aromatic N) is 1. The van der Waals surface area contributed by atoms with Crippen LogP contribution in [-0.4, -0.2) is 40.6 Å². The molecule has 0 saturated carbocycles. The van der Waals surface area contributed by atoms with Crippen molar-refractivity contribution in [3.8, 4) is 5.75 Å². The fraction of sp³-hybridized carbons (Fsp3) is 0.286. The van der Waals surface area contributed by atoms with E-state index in [-0.39, 0.29) is 23.9 Å². The van der Waals surface area contributed by atoms with Crippen molar-refractivity contribution in [1.29, 1.82) is 0 Å². The van der Waals surface area contributed by atoms with E-state index < -0.39 is 17.4 Å². The van der Waals surface area contributed by atoms with Crippen LogP contribution in [0.5, 0.6) is 5.75 Å². The quantitative estimate of drug-likeness (QED) is 0.421. The average Bonchev–Trinajstić information content (AvgIpc) is 3.16. The fourth-order valence-corrected chi connectivity index (χ4v) is 4.59. The minimum atomic E-state index is -0.945. The van der Waals surface area contributed by atoms with Crippen molar-refractivity contribution in [1.82, 2.24) is 4.90 Å². The fourth-order valence-electron chi connectivity index (χ4n) is 4.47. The molecule has 4 rings (SSSR count). The lowest BCUT2D eigenvalue weighted by molar-refractivity contribution is -0.137. The van der Waals surface area contributed by atoms with Gasteiger partial charge in [0, 0.05) is 31.5 Å². The molecule has 1 unspecified atom stereocenters. The van der Waals surface area contributed by atoms with Crippen molar-refractivity contribution in [3.63, 3.8) is 0 Å². The second kappa shape index (κ2) is 10.5. The summed E-state index contributed by atoms with van der Waals surface area (Å²) in [6.07, 6.45) is 1.56. The van der Waals surface area contributed by atoms with Crippen LogP contribution in [0, 0.1) is 5.82 Å². The van der Waals surface area contributed by atoms with Crippen molar-refractivity contribution in [2.75, 3.05) is 13.1 Å². The predicted molar refractivity (Wildman–Crippen MR) is 133 cm³/mol. The summed E-state index contributed by atoms with van der Waals surface area (Å²) in [4.78, 5) is 26.1. The largest absolute Gasteiger partial charge is 0.487 e. The van der Waals surface area contributed by atoms with Gasteiger partial charge in [-0.15, -0.1) is 0 Å². The van der Waals surface area contributed by atoms with Crippen molar-refractivity contribution in [3.05, 3.63) is 99.8 Å². The summed E-state index contributed by atoms with van der Waals surface area (Å²) in [5, 5.41) is 9.23. The third kappa shape index (κ3) is 6.20. The van der Waals surface area contributed by atoms with Gasteiger partial charge in [-0.1, -0.05) is 48.0 Å². The number of aliphatic carboxylic acids is 1. The van der Waals surface area contributed by atoms with Gasteiger partial charge in [0.25, 0.3) is 5.91 Å². The highest BCUT2D eigenvalue weighted by molar-refractivity contribution is 6.30. The first-order chi connectivity index (χ1) is 16.7. The van der Waals surface area contributed by atoms with Crippen LogP contribution < -0.4 is 4.74 Å². The Balaban J connectivity index is 1.48. The Morgan fingerprint density at radius 2 is 1.83 bits per heavy atom. The van der Waals surface area contributed by atoms with Crippen LogP contribution >= 0.6 is 11.6 Å². The molecule has 3 aromatic rings. The van der Waals surface area contributed by atoms with Gasteiger partial charge in [0.15, 0.2) is 0 Å². The molecule has 35 heavy (non-hydrogen) atoms. The minimum Gasteiger partial charge on any atom is -0.487 e. The maximum absolute atomic E-state index is 13.9. The van der Waals surface area contributed by atoms with Crippen molar-refractivity contribution in [2.45, 2.75) is 38.2 Å². The molecule has 0 aromatic heterocycles. The summed E-state index contributed by atoms with van der Waals surface area (Å²) in [7, 11) is 0. The van der Waals surface area contributed by atoms with Gasteiger partial charge < -0.3 is 14.7 Å². The molecule has 1 amide bonds. The summed E-state index contributed by atoms with van der Waals surface area (Å²) in [6.45, 7) is 2.51. The molecule has 0 fully saturated rings. The Hall–Kier alpha value is -3.38. The molecule has 1 heterocycles. The van der Waals surface area contributed by atoms with Crippen molar-refractivity contribution >= 4 is 23.5 Å². The first-order valence-corrected chi connectivity index (χ1v) is 11.9. The van der Waals surface area contributed by atoms with Crippen LogP contribution in [0.25, 0.3) is 0 Å². The number of halogens is 2. The molecule has 0 bridgehead atoms. The molecule has 3 aromatic carbocycles. The summed E-state index contributed by atoms with van der Waals surface area (Å²) < 4.78 is 20.1. The lowest BCUT2D eigenvalue weighted by atomic mass is 9.91. The first kappa shape index (κ1) is 24.7. The molecule has 182 valence electrons. The van der Waals surface area contributed by atoms with Gasteiger partial charge in [-0.3, -0.25) is 9.59 Å². The highest BCUT2D eigenvalue weighted by atomic mass is 35.5. The third-order valence-corrected chi connectivity index (χ3v) is 6.49. The molecule has 1 aliphatic heterocycles. The number of carbonyl (C=O) groups excluding carboxylic acids is 1. The molecular weight excluding hydrogens is 469 g/mol. The Morgan fingerprint density at radius 3 is 2.54 bits per heavy atom. The number of amides is 1. The predicted octanol–water partition coefficient (Wildman–Crippen LogP) is 5.58. The van der Waals surface area contributed by atoms with Crippen LogP contribution in [0.2, 0.25) is 5.02 Å². The van der Waals surface area contributed by atoms with Crippen LogP contribution in [0.1, 0.15) is 40.4 Å². The topological polar surface area (TPSA) is 66.8 Å². The minimum absolute atomic E-state index is 0.0809. The van der Waals surface area contributed by atoms with Gasteiger partial charge in [-0.2, -0.15) is 0 Å². The number of benzene rings is 3. The maximum atomic E-state index is 13.9. The molecule has 5 nitrogen and oxygen atoms in total. The van der Waals surface area contributed by atoms with Gasteiger partial charge >= 0.3 is 5.97 Å². The van der Waals surface area contributed by atoms with Gasteiger partial charge in [0.2, 0.25) is 0 Å². The van der Waals surface area contributed by atoms with Crippen LogP contribution in [0.3, 0.4) is 0 Å². The molecule has 1 atom stereocenters. The van der Waals surface area contributed by atoms with Gasteiger partial charge in [0.05, 0.1) is 11.4 Å². The highest BCUT2D eigenvalue weighted by Gasteiger charge is 2.35. The van der Waals surface area contributed by atoms with E-state index in [9.17, 15) is 14.0 Å². The zero-order valence-corrected chi connectivity index (χ0v) is 20.2. The smallest absolute Gasteiger partial charge is 0.305 e. The highest BCUT2D eigenvalue weighted by Crippen LogP contribution is 2.38. The van der Waals surface area contributed by atoms with E-state index >= 15 is 0 Å². The summed E-state index contributed by atoms with van der Waals surface area (Å²) in [6, 6.07) is 19.8. The van der Waals surface area contributed by atoms with E-state index in [0.717, 1.165) is 16.7 Å². The van der Waals surface area contributed by atoms with Gasteiger partial charge in [-0.05, 0) is 60.4 Å². The Kier molecular flexibility index (Phi) is 7.41.